The second-order valence-electron chi connectivity index (χ2n) is 6.23. The molecule has 0 saturated heterocycles. The van der Waals surface area contributed by atoms with Crippen LogP contribution in [0.25, 0.3) is 0 Å². The lowest BCUT2D eigenvalue weighted by molar-refractivity contribution is 0.0640. The maximum Gasteiger partial charge on any atom is 0.123 e. The van der Waals surface area contributed by atoms with Gasteiger partial charge in [-0.3, -0.25) is 0 Å². The number of rotatable bonds is 7. The Morgan fingerprint density at radius 3 is 2.38 bits per heavy atom. The molecule has 0 fully saturated rings. The van der Waals surface area contributed by atoms with E-state index in [0.29, 0.717) is 23.1 Å². The Bertz CT molecular complexity index is 676. The van der Waals surface area contributed by atoms with Gasteiger partial charge in [-0.15, -0.1) is 0 Å². The van der Waals surface area contributed by atoms with E-state index < -0.39 is 5.60 Å². The van der Waals surface area contributed by atoms with Gasteiger partial charge >= 0.3 is 0 Å². The van der Waals surface area contributed by atoms with Crippen LogP contribution in [0.15, 0.2) is 46.9 Å². The maximum absolute atomic E-state index is 13.3. The van der Waals surface area contributed by atoms with Gasteiger partial charge in [-0.1, -0.05) is 34.1 Å². The Balaban J connectivity index is 2.47. The molecular formula is C19H23BrFNO2. The van der Waals surface area contributed by atoms with Crippen LogP contribution in [0.2, 0.25) is 0 Å². The van der Waals surface area contributed by atoms with Crippen molar-refractivity contribution < 1.29 is 14.6 Å². The van der Waals surface area contributed by atoms with Crippen molar-refractivity contribution in [1.82, 2.24) is 4.90 Å². The molecule has 0 aliphatic rings. The lowest BCUT2D eigenvalue weighted by atomic mass is 9.80. The van der Waals surface area contributed by atoms with Gasteiger partial charge in [0.15, 0.2) is 0 Å². The number of hydrogen-bond donors (Lipinski definition) is 2. The summed E-state index contributed by atoms with van der Waals surface area (Å²) in [4.78, 5) is 2.06. The average molecular weight is 396 g/mol. The van der Waals surface area contributed by atoms with Crippen LogP contribution < -0.4 is 0 Å². The molecule has 1 atom stereocenters. The Morgan fingerprint density at radius 1 is 1.12 bits per heavy atom. The molecule has 2 aromatic rings. The average Bonchev–Trinajstić information content (AvgIpc) is 2.54. The molecule has 3 nitrogen and oxygen atoms in total. The fourth-order valence-corrected chi connectivity index (χ4v) is 3.32. The predicted molar refractivity (Wildman–Crippen MR) is 97.3 cm³/mol. The van der Waals surface area contributed by atoms with Gasteiger partial charge in [-0.2, -0.15) is 0 Å². The Kier molecular flexibility index (Phi) is 6.52. The molecule has 0 aliphatic heterocycles. The van der Waals surface area contributed by atoms with E-state index in [0.717, 1.165) is 17.4 Å². The first-order valence-corrected chi connectivity index (χ1v) is 8.69. The van der Waals surface area contributed by atoms with E-state index in [-0.39, 0.29) is 12.4 Å². The van der Waals surface area contributed by atoms with Crippen molar-refractivity contribution in [2.24, 2.45) is 0 Å². The topological polar surface area (TPSA) is 43.7 Å². The van der Waals surface area contributed by atoms with Gasteiger partial charge in [-0.25, -0.2) is 4.39 Å². The molecule has 0 amide bonds. The second-order valence-corrected chi connectivity index (χ2v) is 7.15. The van der Waals surface area contributed by atoms with E-state index in [4.69, 9.17) is 0 Å². The quantitative estimate of drug-likeness (QED) is 0.751. The second kappa shape index (κ2) is 8.21. The highest BCUT2D eigenvalue weighted by atomic mass is 79.9. The molecule has 0 bridgehead atoms. The first-order chi connectivity index (χ1) is 11.4. The van der Waals surface area contributed by atoms with Gasteiger partial charge in [0.1, 0.15) is 11.4 Å². The number of hydrogen-bond acceptors (Lipinski definition) is 3. The largest absolute Gasteiger partial charge is 0.392 e. The smallest absolute Gasteiger partial charge is 0.123 e. The highest BCUT2D eigenvalue weighted by Crippen LogP contribution is 2.37. The molecular weight excluding hydrogens is 373 g/mol. The highest BCUT2D eigenvalue weighted by Gasteiger charge is 2.33. The fraction of sp³-hybridized carbons (Fsp3) is 0.368. The number of benzene rings is 2. The van der Waals surface area contributed by atoms with Crippen LogP contribution in [0.4, 0.5) is 4.39 Å². The van der Waals surface area contributed by atoms with Crippen molar-refractivity contribution in [3.63, 3.8) is 0 Å². The molecule has 0 spiro atoms. The Hall–Kier alpha value is -1.27. The predicted octanol–water partition coefficient (Wildman–Crippen LogP) is 3.66. The van der Waals surface area contributed by atoms with Gasteiger partial charge in [0.25, 0.3) is 0 Å². The molecule has 0 radical (unpaired) electrons. The van der Waals surface area contributed by atoms with E-state index in [2.05, 4.69) is 20.8 Å². The molecule has 0 aliphatic carbocycles. The molecule has 24 heavy (non-hydrogen) atoms. The minimum atomic E-state index is -1.28. The van der Waals surface area contributed by atoms with Gasteiger partial charge < -0.3 is 15.1 Å². The number of aliphatic hydroxyl groups is 2. The van der Waals surface area contributed by atoms with Crippen LogP contribution in [-0.4, -0.2) is 35.8 Å². The molecule has 2 rings (SSSR count). The number of aliphatic hydroxyl groups excluding tert-OH is 1. The molecule has 130 valence electrons. The van der Waals surface area contributed by atoms with E-state index in [1.54, 1.807) is 18.2 Å². The maximum atomic E-state index is 13.3. The molecule has 2 aromatic carbocycles. The summed E-state index contributed by atoms with van der Waals surface area (Å²) >= 11 is 3.39. The van der Waals surface area contributed by atoms with Gasteiger partial charge in [0.05, 0.1) is 6.61 Å². The van der Waals surface area contributed by atoms with Crippen molar-refractivity contribution in [2.45, 2.75) is 25.0 Å². The Morgan fingerprint density at radius 2 is 1.79 bits per heavy atom. The molecule has 0 saturated carbocycles. The zero-order chi connectivity index (χ0) is 17.7. The van der Waals surface area contributed by atoms with E-state index in [1.165, 1.54) is 12.1 Å². The summed E-state index contributed by atoms with van der Waals surface area (Å²) in [7, 11) is 3.96. The molecule has 5 heteroatoms. The zero-order valence-corrected chi connectivity index (χ0v) is 15.6. The van der Waals surface area contributed by atoms with Crippen LogP contribution >= 0.6 is 15.9 Å². The summed E-state index contributed by atoms with van der Waals surface area (Å²) in [6.07, 6.45) is 1.24. The van der Waals surface area contributed by atoms with Crippen LogP contribution in [0.1, 0.15) is 29.5 Å². The first kappa shape index (κ1) is 19.1. The first-order valence-electron chi connectivity index (χ1n) is 7.89. The third-order valence-electron chi connectivity index (χ3n) is 4.15. The standard InChI is InChI=1S/C19H23BrFNO2/c1-22(2)11-3-10-19(24,15-4-7-17(21)8-5-15)18-9-6-16(20)12-14(18)13-23/h4-9,12,23-24H,3,10-11,13H2,1-2H3/t19-/m1/s1. The Labute approximate surface area is 150 Å². The van der Waals surface area contributed by atoms with E-state index >= 15 is 0 Å². The van der Waals surface area contributed by atoms with Gasteiger partial charge in [-0.05, 0) is 74.4 Å². The normalized spacial score (nSPS) is 14.0. The van der Waals surface area contributed by atoms with Crippen LogP contribution in [0.3, 0.4) is 0 Å². The van der Waals surface area contributed by atoms with Crippen molar-refractivity contribution in [3.05, 3.63) is 69.4 Å². The fourth-order valence-electron chi connectivity index (χ4n) is 2.91. The van der Waals surface area contributed by atoms with Crippen LogP contribution in [0, 0.1) is 5.82 Å². The summed E-state index contributed by atoms with van der Waals surface area (Å²) in [6, 6.07) is 11.4. The third-order valence-corrected chi connectivity index (χ3v) is 4.64. The summed E-state index contributed by atoms with van der Waals surface area (Å²) < 4.78 is 14.1. The zero-order valence-electron chi connectivity index (χ0n) is 14.0. The van der Waals surface area contributed by atoms with Crippen molar-refractivity contribution in [2.75, 3.05) is 20.6 Å². The van der Waals surface area contributed by atoms with Crippen molar-refractivity contribution >= 4 is 15.9 Å². The minimum absolute atomic E-state index is 0.175. The molecule has 0 heterocycles. The summed E-state index contributed by atoms with van der Waals surface area (Å²) in [6.45, 7) is 0.653. The van der Waals surface area contributed by atoms with E-state index in [1.807, 2.05) is 26.2 Å². The lowest BCUT2D eigenvalue weighted by Crippen LogP contribution is -2.30. The molecule has 0 aromatic heterocycles. The van der Waals surface area contributed by atoms with Crippen LogP contribution in [-0.2, 0) is 12.2 Å². The van der Waals surface area contributed by atoms with Gasteiger partial charge in [0.2, 0.25) is 0 Å². The highest BCUT2D eigenvalue weighted by molar-refractivity contribution is 9.10. The molecule has 0 unspecified atom stereocenters. The molecule has 2 N–H and O–H groups in total. The van der Waals surface area contributed by atoms with Crippen molar-refractivity contribution in [3.8, 4) is 0 Å². The summed E-state index contributed by atoms with van der Waals surface area (Å²) in [5.74, 6) is -0.340. The summed E-state index contributed by atoms with van der Waals surface area (Å²) in [5, 5.41) is 21.2. The minimum Gasteiger partial charge on any atom is -0.392 e. The van der Waals surface area contributed by atoms with Crippen LogP contribution in [0.5, 0.6) is 0 Å². The lowest BCUT2D eigenvalue weighted by Gasteiger charge is -2.32. The van der Waals surface area contributed by atoms with Gasteiger partial charge in [0, 0.05) is 4.47 Å². The number of halogens is 2. The van der Waals surface area contributed by atoms with E-state index in [9.17, 15) is 14.6 Å². The summed E-state index contributed by atoms with van der Waals surface area (Å²) in [5.41, 5.74) is 0.655. The van der Waals surface area contributed by atoms with Crippen molar-refractivity contribution in [1.29, 1.82) is 0 Å². The SMILES string of the molecule is CN(C)CCC[C@@](O)(c1ccc(F)cc1)c1ccc(Br)cc1CO. The third kappa shape index (κ3) is 4.42. The number of nitrogens with zero attached hydrogens (tertiary/aromatic N) is 1. The monoisotopic (exact) mass is 395 g/mol.